The number of benzene rings is 1. The van der Waals surface area contributed by atoms with Crippen LogP contribution in [0.3, 0.4) is 0 Å². The van der Waals surface area contributed by atoms with Crippen molar-refractivity contribution in [2.75, 3.05) is 25.2 Å². The molecular weight excluding hydrogens is 383 g/mol. The minimum Gasteiger partial charge on any atom is -0.406 e. The Bertz CT molecular complexity index is 768. The van der Waals surface area contributed by atoms with Gasteiger partial charge < -0.3 is 19.7 Å². The fraction of sp³-hybridized carbons (Fsp3) is 0.471. The number of hydrogen-bond donors (Lipinski definition) is 1. The van der Waals surface area contributed by atoms with Crippen molar-refractivity contribution < 1.29 is 37.0 Å². The number of rotatable bonds is 5. The predicted octanol–water partition coefficient (Wildman–Crippen LogP) is 1.65. The van der Waals surface area contributed by atoms with E-state index in [1.165, 1.54) is 24.1 Å². The van der Waals surface area contributed by atoms with E-state index in [-0.39, 0.29) is 37.2 Å². The first-order chi connectivity index (χ1) is 13.2. The predicted molar refractivity (Wildman–Crippen MR) is 89.5 cm³/mol. The van der Waals surface area contributed by atoms with Crippen molar-refractivity contribution in [1.29, 1.82) is 0 Å². The number of hydrogen-bond acceptors (Lipinski definition) is 5. The van der Waals surface area contributed by atoms with Crippen LogP contribution in [-0.4, -0.2) is 61.5 Å². The summed E-state index contributed by atoms with van der Waals surface area (Å²) in [5.74, 6) is -1.25. The highest BCUT2D eigenvalue weighted by molar-refractivity contribution is 6.21. The Balaban J connectivity index is 1.71. The first-order valence-corrected chi connectivity index (χ1v) is 8.48. The van der Waals surface area contributed by atoms with Crippen molar-refractivity contribution in [3.63, 3.8) is 0 Å². The summed E-state index contributed by atoms with van der Waals surface area (Å²) in [5.41, 5.74) is 0.152. The van der Waals surface area contributed by atoms with Gasteiger partial charge in [0.15, 0.2) is 0 Å². The Kier molecular flexibility index (Phi) is 5.45. The highest BCUT2D eigenvalue weighted by Crippen LogP contribution is 2.32. The van der Waals surface area contributed by atoms with Crippen molar-refractivity contribution in [2.45, 2.75) is 31.3 Å². The third-order valence-corrected chi connectivity index (χ3v) is 4.51. The van der Waals surface area contributed by atoms with Gasteiger partial charge in [-0.05, 0) is 37.1 Å². The SMILES string of the molecule is COCC(=O)NC1CCN2C(=O)N(c3ccc(OC(F)(F)F)cc3)C(=O)C2C1. The number of carbonyl (C=O) groups excluding carboxylic acids is 3. The molecule has 1 N–H and O–H groups in total. The van der Waals surface area contributed by atoms with Crippen LogP contribution in [-0.2, 0) is 14.3 Å². The van der Waals surface area contributed by atoms with Crippen molar-refractivity contribution in [3.8, 4) is 5.75 Å². The number of piperidine rings is 1. The number of nitrogens with zero attached hydrogens (tertiary/aromatic N) is 2. The summed E-state index contributed by atoms with van der Waals surface area (Å²) in [6.07, 6.45) is -4.09. The van der Waals surface area contributed by atoms with E-state index >= 15 is 0 Å². The normalized spacial score (nSPS) is 22.3. The Morgan fingerprint density at radius 2 is 1.93 bits per heavy atom. The first kappa shape index (κ1) is 19.9. The summed E-state index contributed by atoms with van der Waals surface area (Å²) < 4.78 is 45.3. The van der Waals surface area contributed by atoms with Gasteiger partial charge in [0.1, 0.15) is 18.4 Å². The van der Waals surface area contributed by atoms with Crippen LogP contribution >= 0.6 is 0 Å². The zero-order chi connectivity index (χ0) is 20.5. The summed E-state index contributed by atoms with van der Waals surface area (Å²) in [6, 6.07) is 2.95. The van der Waals surface area contributed by atoms with Crippen LogP contribution in [0, 0.1) is 0 Å². The number of halogens is 3. The number of carbonyl (C=O) groups is 3. The standard InChI is InChI=1S/C17H18F3N3O5/c1-27-9-14(24)21-10-6-7-22-13(8-10)15(25)23(16(22)26)11-2-4-12(5-3-11)28-17(18,19)20/h2-5,10,13H,6-9H2,1H3,(H,21,24). The van der Waals surface area contributed by atoms with E-state index in [2.05, 4.69) is 10.1 Å². The van der Waals surface area contributed by atoms with Crippen molar-refractivity contribution in [3.05, 3.63) is 24.3 Å². The maximum atomic E-state index is 12.7. The van der Waals surface area contributed by atoms with Gasteiger partial charge in [-0.25, -0.2) is 9.69 Å². The maximum absolute atomic E-state index is 12.7. The van der Waals surface area contributed by atoms with Gasteiger partial charge in [0, 0.05) is 19.7 Å². The molecule has 8 nitrogen and oxygen atoms in total. The topological polar surface area (TPSA) is 88.2 Å². The average Bonchev–Trinajstić information content (AvgIpc) is 2.85. The highest BCUT2D eigenvalue weighted by atomic mass is 19.4. The number of ether oxygens (including phenoxy) is 2. The lowest BCUT2D eigenvalue weighted by atomic mass is 9.98. The molecule has 0 bridgehead atoms. The van der Waals surface area contributed by atoms with E-state index < -0.39 is 30.1 Å². The third-order valence-electron chi connectivity index (χ3n) is 4.51. The fourth-order valence-electron chi connectivity index (χ4n) is 3.37. The third kappa shape index (κ3) is 4.19. The molecule has 2 unspecified atom stereocenters. The molecule has 0 radical (unpaired) electrons. The van der Waals surface area contributed by atoms with Gasteiger partial charge >= 0.3 is 12.4 Å². The molecule has 2 aliphatic heterocycles. The summed E-state index contributed by atoms with van der Waals surface area (Å²) in [7, 11) is 1.39. The van der Waals surface area contributed by atoms with Crippen molar-refractivity contribution >= 4 is 23.5 Å². The second kappa shape index (κ2) is 7.66. The van der Waals surface area contributed by atoms with E-state index in [1.807, 2.05) is 0 Å². The molecule has 11 heteroatoms. The maximum Gasteiger partial charge on any atom is 0.573 e. The number of amides is 4. The second-order valence-electron chi connectivity index (χ2n) is 6.43. The molecule has 0 saturated carbocycles. The molecule has 2 saturated heterocycles. The summed E-state index contributed by atoms with van der Waals surface area (Å²) >= 11 is 0. The van der Waals surface area contributed by atoms with E-state index in [0.29, 0.717) is 6.42 Å². The van der Waals surface area contributed by atoms with Gasteiger partial charge in [0.05, 0.1) is 5.69 Å². The zero-order valence-electron chi connectivity index (χ0n) is 14.9. The molecule has 152 valence electrons. The largest absolute Gasteiger partial charge is 0.573 e. The van der Waals surface area contributed by atoms with E-state index in [9.17, 15) is 27.6 Å². The highest BCUT2D eigenvalue weighted by Gasteiger charge is 2.48. The lowest BCUT2D eigenvalue weighted by Crippen LogP contribution is -2.50. The lowest BCUT2D eigenvalue weighted by molar-refractivity contribution is -0.274. The van der Waals surface area contributed by atoms with Crippen LogP contribution in [0.2, 0.25) is 0 Å². The van der Waals surface area contributed by atoms with Crippen LogP contribution in [0.1, 0.15) is 12.8 Å². The van der Waals surface area contributed by atoms with Crippen LogP contribution in [0.4, 0.5) is 23.7 Å². The summed E-state index contributed by atoms with van der Waals surface area (Å²) in [6.45, 7) is 0.176. The number of anilines is 1. The van der Waals surface area contributed by atoms with Crippen molar-refractivity contribution in [2.24, 2.45) is 0 Å². The Morgan fingerprint density at radius 3 is 2.54 bits per heavy atom. The molecule has 4 amide bonds. The average molecular weight is 401 g/mol. The minimum absolute atomic E-state index is 0.101. The summed E-state index contributed by atoms with van der Waals surface area (Å²) in [4.78, 5) is 39.3. The van der Waals surface area contributed by atoms with Gasteiger partial charge in [-0.1, -0.05) is 0 Å². The molecule has 3 rings (SSSR count). The molecule has 2 atom stereocenters. The number of methoxy groups -OCH3 is 1. The molecular formula is C17H18F3N3O5. The van der Waals surface area contributed by atoms with Crippen LogP contribution in [0.25, 0.3) is 0 Å². The molecule has 28 heavy (non-hydrogen) atoms. The molecule has 0 aliphatic carbocycles. The quantitative estimate of drug-likeness (QED) is 0.758. The molecule has 0 spiro atoms. The summed E-state index contributed by atoms with van der Waals surface area (Å²) in [5, 5.41) is 2.76. The number of urea groups is 1. The van der Waals surface area contributed by atoms with Crippen molar-refractivity contribution in [1.82, 2.24) is 10.2 Å². The molecule has 0 aromatic heterocycles. The van der Waals surface area contributed by atoms with Gasteiger partial charge in [-0.2, -0.15) is 0 Å². The molecule has 1 aromatic carbocycles. The van der Waals surface area contributed by atoms with Gasteiger partial charge in [-0.3, -0.25) is 9.59 Å². The number of nitrogens with one attached hydrogen (secondary N) is 1. The number of alkyl halides is 3. The van der Waals surface area contributed by atoms with E-state index in [4.69, 9.17) is 4.74 Å². The Hall–Kier alpha value is -2.82. The Labute approximate surface area is 158 Å². The van der Waals surface area contributed by atoms with Crippen LogP contribution in [0.5, 0.6) is 5.75 Å². The van der Waals surface area contributed by atoms with Crippen LogP contribution in [0.15, 0.2) is 24.3 Å². The van der Waals surface area contributed by atoms with E-state index in [1.54, 1.807) is 0 Å². The minimum atomic E-state index is -4.83. The molecule has 1 aromatic rings. The van der Waals surface area contributed by atoms with E-state index in [0.717, 1.165) is 17.0 Å². The molecule has 2 aliphatic rings. The van der Waals surface area contributed by atoms with Gasteiger partial charge in [0.2, 0.25) is 5.91 Å². The number of imide groups is 1. The second-order valence-corrected chi connectivity index (χ2v) is 6.43. The molecule has 2 fully saturated rings. The zero-order valence-corrected chi connectivity index (χ0v) is 14.9. The monoisotopic (exact) mass is 401 g/mol. The molecule has 2 heterocycles. The van der Waals surface area contributed by atoms with Crippen LogP contribution < -0.4 is 15.0 Å². The number of fused-ring (bicyclic) bond motifs is 1. The smallest absolute Gasteiger partial charge is 0.406 e. The first-order valence-electron chi connectivity index (χ1n) is 8.48. The lowest BCUT2D eigenvalue weighted by Gasteiger charge is -2.32. The Morgan fingerprint density at radius 1 is 1.25 bits per heavy atom. The van der Waals surface area contributed by atoms with Gasteiger partial charge in [-0.15, -0.1) is 13.2 Å². The van der Waals surface area contributed by atoms with Gasteiger partial charge in [0.25, 0.3) is 5.91 Å². The fourth-order valence-corrected chi connectivity index (χ4v) is 3.37.